The van der Waals surface area contributed by atoms with Crippen LogP contribution in [0.3, 0.4) is 0 Å². The smallest absolute Gasteiger partial charge is 0.264 e. The van der Waals surface area contributed by atoms with Crippen molar-refractivity contribution in [2.24, 2.45) is 10.7 Å². The van der Waals surface area contributed by atoms with Crippen molar-refractivity contribution < 1.29 is 19.0 Å². The summed E-state index contributed by atoms with van der Waals surface area (Å²) in [6, 6.07) is 24.3. The quantitative estimate of drug-likeness (QED) is 0.224. The average molecular weight is 500 g/mol. The minimum Gasteiger partial charge on any atom is -0.489 e. The van der Waals surface area contributed by atoms with E-state index in [4.69, 9.17) is 30.3 Å². The zero-order valence-corrected chi connectivity index (χ0v) is 20.2. The molecule has 37 heavy (non-hydrogen) atoms. The molecule has 190 valence electrons. The summed E-state index contributed by atoms with van der Waals surface area (Å²) >= 11 is 0. The molecule has 1 amide bonds. The molecule has 0 spiro atoms. The number of aliphatic imine (C=N–C) groups is 1. The number of carbonyl (C=O) groups is 1. The second-order valence-electron chi connectivity index (χ2n) is 8.74. The van der Waals surface area contributed by atoms with E-state index < -0.39 is 12.5 Å². The normalized spacial score (nSPS) is 18.6. The molecule has 1 saturated heterocycles. The average Bonchev–Trinajstić information content (AvgIpc) is 3.06. The highest BCUT2D eigenvalue weighted by Crippen LogP contribution is 2.25. The molecule has 0 aliphatic carbocycles. The van der Waals surface area contributed by atoms with E-state index in [1.165, 1.54) is 0 Å². The van der Waals surface area contributed by atoms with E-state index >= 15 is 0 Å². The zero-order chi connectivity index (χ0) is 25.6. The molecule has 2 aliphatic rings. The predicted octanol–water partition coefficient (Wildman–Crippen LogP) is 3.23. The minimum atomic E-state index is -1.18. The van der Waals surface area contributed by atoms with Crippen LogP contribution in [-0.4, -0.2) is 49.4 Å². The first-order valence-electron chi connectivity index (χ1n) is 12.2. The van der Waals surface area contributed by atoms with Gasteiger partial charge < -0.3 is 19.5 Å². The standard InChI is InChI=1S/C28H29N5O4/c29-25(21-11-5-7-13-23(21)36-19-14-16-35-17-15-19)37-28(30)33-26-27(34)31-22-12-6-4-10-20(22)24(32-26)18-8-2-1-3-9-18/h1-13,19,26,28-29,33H,14-17,30H2,(H,31,34). The lowest BCUT2D eigenvalue weighted by atomic mass is 10.0. The minimum absolute atomic E-state index is 0.0107. The van der Waals surface area contributed by atoms with Gasteiger partial charge in [-0.05, 0) is 18.2 Å². The van der Waals surface area contributed by atoms with Crippen LogP contribution in [0, 0.1) is 5.41 Å². The number of fused-ring (bicyclic) bond motifs is 1. The number of nitrogens with two attached hydrogens (primary N) is 1. The van der Waals surface area contributed by atoms with Gasteiger partial charge in [-0.2, -0.15) is 0 Å². The number of hydrogen-bond acceptors (Lipinski definition) is 8. The Morgan fingerprint density at radius 3 is 2.54 bits per heavy atom. The maximum atomic E-state index is 13.0. The molecule has 0 aromatic heterocycles. The number of nitrogens with one attached hydrogen (secondary N) is 3. The van der Waals surface area contributed by atoms with Crippen molar-refractivity contribution in [2.45, 2.75) is 31.5 Å². The molecule has 3 aromatic carbocycles. The van der Waals surface area contributed by atoms with Crippen LogP contribution in [0.2, 0.25) is 0 Å². The number of benzodiazepines with no additional fused rings is 1. The summed E-state index contributed by atoms with van der Waals surface area (Å²) in [5.74, 6) is -0.0157. The summed E-state index contributed by atoms with van der Waals surface area (Å²) in [6.45, 7) is 1.29. The van der Waals surface area contributed by atoms with E-state index in [0.717, 1.165) is 24.0 Å². The molecule has 5 rings (SSSR count). The molecule has 1 fully saturated rings. The molecule has 2 heterocycles. The van der Waals surface area contributed by atoms with Gasteiger partial charge >= 0.3 is 0 Å². The lowest BCUT2D eigenvalue weighted by molar-refractivity contribution is -0.118. The molecule has 9 nitrogen and oxygen atoms in total. The Kier molecular flexibility index (Phi) is 7.55. The SMILES string of the molecule is N=C(OC(N)NC1N=C(c2ccccc2)c2ccccc2NC1=O)c1ccccc1OC1CCOCC1. The molecule has 3 aromatic rings. The molecule has 2 atom stereocenters. The van der Waals surface area contributed by atoms with Crippen LogP contribution < -0.4 is 21.1 Å². The summed E-state index contributed by atoms with van der Waals surface area (Å²) in [5.41, 5.74) is 9.62. The third kappa shape index (κ3) is 5.86. The summed E-state index contributed by atoms with van der Waals surface area (Å²) in [5, 5.41) is 14.3. The zero-order valence-electron chi connectivity index (χ0n) is 20.2. The fourth-order valence-electron chi connectivity index (χ4n) is 4.31. The monoisotopic (exact) mass is 499 g/mol. The van der Waals surface area contributed by atoms with Crippen LogP contribution in [0.25, 0.3) is 0 Å². The molecule has 9 heteroatoms. The molecule has 5 N–H and O–H groups in total. The fourth-order valence-corrected chi connectivity index (χ4v) is 4.31. The Labute approximate surface area is 215 Å². The topological polar surface area (TPSA) is 131 Å². The van der Waals surface area contributed by atoms with Gasteiger partial charge in [-0.1, -0.05) is 60.7 Å². The molecular weight excluding hydrogens is 470 g/mol. The largest absolute Gasteiger partial charge is 0.489 e. The van der Waals surface area contributed by atoms with Crippen molar-refractivity contribution in [2.75, 3.05) is 18.5 Å². The molecule has 0 bridgehead atoms. The number of para-hydroxylation sites is 2. The number of anilines is 1. The third-order valence-corrected chi connectivity index (χ3v) is 6.15. The van der Waals surface area contributed by atoms with Gasteiger partial charge in [0.05, 0.1) is 30.2 Å². The van der Waals surface area contributed by atoms with Crippen molar-refractivity contribution >= 4 is 23.2 Å². The van der Waals surface area contributed by atoms with E-state index in [1.54, 1.807) is 18.2 Å². The van der Waals surface area contributed by atoms with E-state index in [2.05, 4.69) is 10.6 Å². The van der Waals surface area contributed by atoms with Crippen molar-refractivity contribution in [1.29, 1.82) is 5.41 Å². The van der Waals surface area contributed by atoms with Crippen LogP contribution in [0.1, 0.15) is 29.5 Å². The number of hydrogen-bond donors (Lipinski definition) is 4. The molecular formula is C28H29N5O4. The Balaban J connectivity index is 1.33. The second-order valence-corrected chi connectivity index (χ2v) is 8.74. The number of carbonyl (C=O) groups excluding carboxylic acids is 1. The Morgan fingerprint density at radius 1 is 1.03 bits per heavy atom. The second kappa shape index (κ2) is 11.3. The molecule has 2 unspecified atom stereocenters. The lowest BCUT2D eigenvalue weighted by Crippen LogP contribution is -2.50. The summed E-state index contributed by atoms with van der Waals surface area (Å²) in [6.07, 6.45) is -0.647. The van der Waals surface area contributed by atoms with E-state index in [1.807, 2.05) is 60.7 Å². The summed E-state index contributed by atoms with van der Waals surface area (Å²) in [4.78, 5) is 17.8. The Hall–Kier alpha value is -4.05. The third-order valence-electron chi connectivity index (χ3n) is 6.15. The Morgan fingerprint density at radius 2 is 1.73 bits per heavy atom. The highest BCUT2D eigenvalue weighted by molar-refractivity contribution is 6.19. The fraction of sp³-hybridized carbons (Fsp3) is 0.250. The number of amides is 1. The molecule has 0 saturated carbocycles. The highest BCUT2D eigenvalue weighted by Gasteiger charge is 2.28. The first kappa shape index (κ1) is 24.6. The number of rotatable bonds is 7. The van der Waals surface area contributed by atoms with Crippen molar-refractivity contribution in [3.05, 3.63) is 95.6 Å². The van der Waals surface area contributed by atoms with Gasteiger partial charge in [-0.3, -0.25) is 20.9 Å². The summed E-state index contributed by atoms with van der Waals surface area (Å²) in [7, 11) is 0. The number of nitrogens with zero attached hydrogens (tertiary/aromatic N) is 1. The number of ether oxygens (including phenoxy) is 3. The highest BCUT2D eigenvalue weighted by atomic mass is 16.5. The van der Waals surface area contributed by atoms with Crippen LogP contribution in [-0.2, 0) is 14.3 Å². The van der Waals surface area contributed by atoms with Crippen LogP contribution in [0.5, 0.6) is 5.75 Å². The van der Waals surface area contributed by atoms with Gasteiger partial charge in [0.2, 0.25) is 12.2 Å². The lowest BCUT2D eigenvalue weighted by Gasteiger charge is -2.25. The Bertz CT molecular complexity index is 1290. The number of benzene rings is 3. The van der Waals surface area contributed by atoms with Crippen LogP contribution >= 0.6 is 0 Å². The predicted molar refractivity (Wildman–Crippen MR) is 141 cm³/mol. The van der Waals surface area contributed by atoms with Crippen molar-refractivity contribution in [3.8, 4) is 5.75 Å². The first-order chi connectivity index (χ1) is 18.1. The van der Waals surface area contributed by atoms with Crippen LogP contribution in [0.15, 0.2) is 83.9 Å². The maximum absolute atomic E-state index is 13.0. The van der Waals surface area contributed by atoms with Gasteiger partial charge in [-0.25, -0.2) is 5.32 Å². The van der Waals surface area contributed by atoms with Crippen molar-refractivity contribution in [3.63, 3.8) is 0 Å². The first-order valence-corrected chi connectivity index (χ1v) is 12.2. The molecule has 2 aliphatic heterocycles. The summed E-state index contributed by atoms with van der Waals surface area (Å²) < 4.78 is 17.2. The van der Waals surface area contributed by atoms with Gasteiger partial charge in [-0.15, -0.1) is 0 Å². The van der Waals surface area contributed by atoms with Gasteiger partial charge in [0.25, 0.3) is 5.91 Å². The molecule has 0 radical (unpaired) electrons. The van der Waals surface area contributed by atoms with Crippen LogP contribution in [0.4, 0.5) is 5.69 Å². The van der Waals surface area contributed by atoms with E-state index in [0.29, 0.717) is 35.9 Å². The van der Waals surface area contributed by atoms with Crippen molar-refractivity contribution in [1.82, 2.24) is 5.32 Å². The van der Waals surface area contributed by atoms with Gasteiger partial charge in [0.15, 0.2) is 6.17 Å². The van der Waals surface area contributed by atoms with Gasteiger partial charge in [0, 0.05) is 24.0 Å². The maximum Gasteiger partial charge on any atom is 0.264 e. The van der Waals surface area contributed by atoms with E-state index in [9.17, 15) is 4.79 Å². The van der Waals surface area contributed by atoms with Gasteiger partial charge in [0.1, 0.15) is 11.9 Å². The van der Waals surface area contributed by atoms with E-state index in [-0.39, 0.29) is 17.9 Å².